The number of nitrogens with zero attached hydrogens (tertiary/aromatic N) is 4. The molecular formula is C19H21N5O3S. The topological polar surface area (TPSA) is 109 Å². The summed E-state index contributed by atoms with van der Waals surface area (Å²) in [4.78, 5) is 10.7. The maximum Gasteiger partial charge on any atom is 0.273 e. The molecule has 0 fully saturated rings. The number of benzene rings is 2. The fraction of sp³-hybridized carbons (Fsp3) is 0.263. The predicted octanol–water partition coefficient (Wildman–Crippen LogP) is 3.89. The van der Waals surface area contributed by atoms with Crippen LogP contribution in [0.4, 0.5) is 5.69 Å². The van der Waals surface area contributed by atoms with Gasteiger partial charge in [0.25, 0.3) is 5.69 Å². The van der Waals surface area contributed by atoms with Crippen molar-refractivity contribution in [1.82, 2.24) is 14.9 Å². The van der Waals surface area contributed by atoms with Crippen molar-refractivity contribution >= 4 is 17.4 Å². The number of para-hydroxylation sites is 1. The van der Waals surface area contributed by atoms with Crippen LogP contribution in [-0.2, 0) is 12.4 Å². The van der Waals surface area contributed by atoms with Gasteiger partial charge in [-0.2, -0.15) is 0 Å². The lowest BCUT2D eigenvalue weighted by Crippen LogP contribution is -2.15. The number of ether oxygens (including phenoxy) is 1. The number of hydrogen-bond acceptors (Lipinski definition) is 7. The van der Waals surface area contributed by atoms with E-state index < -0.39 is 4.92 Å². The minimum atomic E-state index is -0.396. The molecule has 0 aliphatic heterocycles. The molecule has 9 heteroatoms. The Morgan fingerprint density at radius 1 is 1.18 bits per heavy atom. The van der Waals surface area contributed by atoms with E-state index in [-0.39, 0.29) is 12.3 Å². The van der Waals surface area contributed by atoms with Gasteiger partial charge in [-0.3, -0.25) is 10.1 Å². The standard InChI is InChI=1S/C19H21N5O3S/c1-13(2)14-7-9-16(10-8-14)27-11-18-21-22-19(23(18)20)28-12-15-5-3-4-6-17(15)24(25)26/h3-10,13H,11-12,20H2,1-2H3. The van der Waals surface area contributed by atoms with Crippen molar-refractivity contribution in [2.75, 3.05) is 5.84 Å². The minimum absolute atomic E-state index is 0.0755. The molecule has 1 aromatic heterocycles. The normalized spacial score (nSPS) is 11.0. The van der Waals surface area contributed by atoms with Crippen LogP contribution in [0.2, 0.25) is 0 Å². The number of hydrogen-bond donors (Lipinski definition) is 1. The Balaban J connectivity index is 1.62. The number of nitro benzene ring substituents is 1. The third-order valence-corrected chi connectivity index (χ3v) is 5.19. The molecule has 0 aliphatic carbocycles. The maximum absolute atomic E-state index is 11.1. The highest BCUT2D eigenvalue weighted by atomic mass is 32.2. The summed E-state index contributed by atoms with van der Waals surface area (Å²) in [5.74, 6) is 8.07. The Morgan fingerprint density at radius 3 is 2.57 bits per heavy atom. The number of aromatic nitrogens is 3. The fourth-order valence-electron chi connectivity index (χ4n) is 2.55. The van der Waals surface area contributed by atoms with Crippen molar-refractivity contribution in [2.45, 2.75) is 37.3 Å². The average molecular weight is 399 g/mol. The van der Waals surface area contributed by atoms with Crippen LogP contribution >= 0.6 is 11.8 Å². The van der Waals surface area contributed by atoms with Crippen molar-refractivity contribution in [3.63, 3.8) is 0 Å². The Morgan fingerprint density at radius 2 is 1.89 bits per heavy atom. The zero-order valence-electron chi connectivity index (χ0n) is 15.6. The first-order valence-electron chi connectivity index (χ1n) is 8.73. The van der Waals surface area contributed by atoms with Crippen molar-refractivity contribution in [1.29, 1.82) is 0 Å². The third-order valence-electron chi connectivity index (χ3n) is 4.19. The molecule has 3 rings (SSSR count). The number of nitrogen functional groups attached to an aromatic ring is 1. The summed E-state index contributed by atoms with van der Waals surface area (Å²) in [5, 5.41) is 19.7. The summed E-state index contributed by atoms with van der Waals surface area (Å²) >= 11 is 1.28. The lowest BCUT2D eigenvalue weighted by atomic mass is 10.0. The predicted molar refractivity (Wildman–Crippen MR) is 108 cm³/mol. The van der Waals surface area contributed by atoms with Crippen LogP contribution in [0.15, 0.2) is 53.7 Å². The van der Waals surface area contributed by atoms with Gasteiger partial charge in [-0.1, -0.05) is 55.9 Å². The molecule has 146 valence electrons. The highest BCUT2D eigenvalue weighted by Crippen LogP contribution is 2.26. The van der Waals surface area contributed by atoms with E-state index in [1.807, 2.05) is 24.3 Å². The Kier molecular flexibility index (Phi) is 6.15. The van der Waals surface area contributed by atoms with E-state index in [0.29, 0.717) is 28.2 Å². The largest absolute Gasteiger partial charge is 0.486 e. The van der Waals surface area contributed by atoms with Gasteiger partial charge in [0.2, 0.25) is 5.16 Å². The molecule has 2 N–H and O–H groups in total. The summed E-state index contributed by atoms with van der Waals surface area (Å²) < 4.78 is 7.08. The second-order valence-electron chi connectivity index (χ2n) is 6.46. The molecule has 0 unspecified atom stereocenters. The zero-order valence-corrected chi connectivity index (χ0v) is 16.4. The second kappa shape index (κ2) is 8.75. The average Bonchev–Trinajstić information content (AvgIpc) is 3.04. The van der Waals surface area contributed by atoms with Crippen LogP contribution in [0, 0.1) is 10.1 Å². The highest BCUT2D eigenvalue weighted by molar-refractivity contribution is 7.98. The van der Waals surface area contributed by atoms with Crippen LogP contribution in [0.1, 0.15) is 36.7 Å². The quantitative estimate of drug-likeness (QED) is 0.265. The van der Waals surface area contributed by atoms with Gasteiger partial charge in [-0.25, -0.2) is 4.68 Å². The monoisotopic (exact) mass is 399 g/mol. The lowest BCUT2D eigenvalue weighted by molar-refractivity contribution is -0.385. The molecule has 0 aliphatic rings. The Labute approximate surface area is 166 Å². The molecule has 2 aromatic carbocycles. The Bertz CT molecular complexity index is 956. The van der Waals surface area contributed by atoms with Crippen molar-refractivity contribution in [3.05, 3.63) is 75.6 Å². The number of thioether (sulfide) groups is 1. The lowest BCUT2D eigenvalue weighted by Gasteiger charge is -2.09. The Hall–Kier alpha value is -3.07. The van der Waals surface area contributed by atoms with Crippen LogP contribution < -0.4 is 10.6 Å². The van der Waals surface area contributed by atoms with Crippen molar-refractivity contribution in [3.8, 4) is 5.75 Å². The van der Waals surface area contributed by atoms with Gasteiger partial charge in [0, 0.05) is 17.4 Å². The van der Waals surface area contributed by atoms with E-state index in [4.69, 9.17) is 10.6 Å². The molecule has 0 saturated heterocycles. The van der Waals surface area contributed by atoms with E-state index in [1.54, 1.807) is 18.2 Å². The smallest absolute Gasteiger partial charge is 0.273 e. The molecule has 0 radical (unpaired) electrons. The first kappa shape index (κ1) is 19.7. The molecule has 28 heavy (non-hydrogen) atoms. The van der Waals surface area contributed by atoms with E-state index in [2.05, 4.69) is 24.0 Å². The fourth-order valence-corrected chi connectivity index (χ4v) is 3.43. The van der Waals surface area contributed by atoms with E-state index in [0.717, 1.165) is 5.75 Å². The molecular weight excluding hydrogens is 378 g/mol. The van der Waals surface area contributed by atoms with Gasteiger partial charge >= 0.3 is 0 Å². The molecule has 3 aromatic rings. The third kappa shape index (κ3) is 4.61. The van der Waals surface area contributed by atoms with Gasteiger partial charge in [0.05, 0.1) is 4.92 Å². The first-order chi connectivity index (χ1) is 13.5. The van der Waals surface area contributed by atoms with E-state index >= 15 is 0 Å². The summed E-state index contributed by atoms with van der Waals surface area (Å²) in [5.41, 5.74) is 1.91. The zero-order chi connectivity index (χ0) is 20.1. The number of nitrogens with two attached hydrogens (primary N) is 1. The van der Waals surface area contributed by atoms with Crippen LogP contribution in [0.5, 0.6) is 5.75 Å². The van der Waals surface area contributed by atoms with E-state index in [1.165, 1.54) is 28.1 Å². The first-order valence-corrected chi connectivity index (χ1v) is 9.71. The highest BCUT2D eigenvalue weighted by Gasteiger charge is 2.16. The van der Waals surface area contributed by atoms with Gasteiger partial charge in [0.15, 0.2) is 5.82 Å². The van der Waals surface area contributed by atoms with Crippen LogP contribution in [0.25, 0.3) is 0 Å². The minimum Gasteiger partial charge on any atom is -0.486 e. The van der Waals surface area contributed by atoms with Crippen LogP contribution in [-0.4, -0.2) is 19.8 Å². The van der Waals surface area contributed by atoms with E-state index in [9.17, 15) is 10.1 Å². The second-order valence-corrected chi connectivity index (χ2v) is 7.40. The molecule has 1 heterocycles. The summed E-state index contributed by atoms with van der Waals surface area (Å²) in [6.45, 7) is 4.45. The molecule has 8 nitrogen and oxygen atoms in total. The number of nitro groups is 1. The maximum atomic E-state index is 11.1. The summed E-state index contributed by atoms with van der Waals surface area (Å²) in [6, 6.07) is 14.5. The summed E-state index contributed by atoms with van der Waals surface area (Å²) in [6.07, 6.45) is 0. The van der Waals surface area contributed by atoms with Crippen LogP contribution in [0.3, 0.4) is 0 Å². The molecule has 0 atom stereocenters. The summed E-state index contributed by atoms with van der Waals surface area (Å²) in [7, 11) is 0. The number of rotatable bonds is 8. The van der Waals surface area contributed by atoms with Crippen molar-refractivity contribution in [2.24, 2.45) is 0 Å². The van der Waals surface area contributed by atoms with Gasteiger partial charge in [-0.15, -0.1) is 10.2 Å². The molecule has 0 bridgehead atoms. The molecule has 0 amide bonds. The van der Waals surface area contributed by atoms with Gasteiger partial charge < -0.3 is 10.6 Å². The molecule has 0 saturated carbocycles. The SMILES string of the molecule is CC(C)c1ccc(OCc2nnc(SCc3ccccc3[N+](=O)[O-])n2N)cc1. The van der Waals surface area contributed by atoms with Gasteiger partial charge in [0.1, 0.15) is 12.4 Å². The molecule has 0 spiro atoms. The van der Waals surface area contributed by atoms with Gasteiger partial charge in [-0.05, 0) is 23.6 Å². The van der Waals surface area contributed by atoms with Crippen molar-refractivity contribution < 1.29 is 9.66 Å².